The lowest BCUT2D eigenvalue weighted by atomic mass is 10.1. The molecule has 0 radical (unpaired) electrons. The molecule has 1 aromatic heterocycles. The van der Waals surface area contributed by atoms with E-state index in [0.29, 0.717) is 11.5 Å². The molecule has 0 fully saturated rings. The third-order valence-corrected chi connectivity index (χ3v) is 3.23. The third-order valence-electron chi connectivity index (χ3n) is 3.23. The Balaban J connectivity index is 2.21. The van der Waals surface area contributed by atoms with Crippen LogP contribution < -0.4 is 11.1 Å². The van der Waals surface area contributed by atoms with Gasteiger partial charge in [-0.2, -0.15) is 0 Å². The van der Waals surface area contributed by atoms with E-state index in [4.69, 9.17) is 15.3 Å². The predicted octanol–water partition coefficient (Wildman–Crippen LogP) is 1.31. The summed E-state index contributed by atoms with van der Waals surface area (Å²) in [6.07, 6.45) is -0.483. The van der Waals surface area contributed by atoms with Crippen LogP contribution in [0.5, 0.6) is 0 Å². The van der Waals surface area contributed by atoms with Crippen LogP contribution in [-0.2, 0) is 9.59 Å². The first-order valence-corrected chi connectivity index (χ1v) is 6.86. The minimum atomic E-state index is -1.38. The summed E-state index contributed by atoms with van der Waals surface area (Å²) in [6.45, 7) is 1.60. The molecule has 0 aliphatic rings. The second kappa shape index (κ2) is 6.78. The Morgan fingerprint density at radius 2 is 1.91 bits per heavy atom. The maximum Gasteiger partial charge on any atom is 0.326 e. The van der Waals surface area contributed by atoms with Crippen LogP contribution in [0, 0.1) is 6.92 Å². The second-order valence-electron chi connectivity index (χ2n) is 4.98. The highest BCUT2D eigenvalue weighted by Crippen LogP contribution is 2.25. The Kier molecular flexibility index (Phi) is 4.80. The number of amides is 2. The number of furan rings is 1. The molecule has 2 amide bonds. The van der Waals surface area contributed by atoms with Gasteiger partial charge in [-0.25, -0.2) is 4.79 Å². The van der Waals surface area contributed by atoms with Crippen molar-refractivity contribution < 1.29 is 23.9 Å². The number of aryl methyl sites for hydroxylation is 1. The molecular weight excluding hydrogens is 300 g/mol. The zero-order valence-corrected chi connectivity index (χ0v) is 12.4. The van der Waals surface area contributed by atoms with Crippen molar-refractivity contribution in [3.05, 3.63) is 47.7 Å². The van der Waals surface area contributed by atoms with E-state index >= 15 is 0 Å². The molecule has 1 aromatic carbocycles. The van der Waals surface area contributed by atoms with Crippen molar-refractivity contribution in [3.63, 3.8) is 0 Å². The molecule has 0 bridgehead atoms. The Morgan fingerprint density at radius 3 is 2.48 bits per heavy atom. The number of carboxylic acids is 1. The second-order valence-corrected chi connectivity index (χ2v) is 4.98. The first-order valence-electron chi connectivity index (χ1n) is 6.86. The number of hydrogen-bond donors (Lipinski definition) is 3. The van der Waals surface area contributed by atoms with Crippen molar-refractivity contribution >= 4 is 17.8 Å². The van der Waals surface area contributed by atoms with Gasteiger partial charge in [0, 0.05) is 5.56 Å². The van der Waals surface area contributed by atoms with Gasteiger partial charge in [0.2, 0.25) is 5.91 Å². The molecule has 0 unspecified atom stereocenters. The summed E-state index contributed by atoms with van der Waals surface area (Å²) in [5.41, 5.74) is 5.98. The summed E-state index contributed by atoms with van der Waals surface area (Å²) in [5.74, 6) is -1.94. The maximum absolute atomic E-state index is 12.2. The molecule has 7 nitrogen and oxygen atoms in total. The number of primary amides is 1. The minimum absolute atomic E-state index is 0.208. The predicted molar refractivity (Wildman–Crippen MR) is 81.6 cm³/mol. The summed E-state index contributed by atoms with van der Waals surface area (Å²) < 4.78 is 5.55. The van der Waals surface area contributed by atoms with Crippen molar-refractivity contribution in [2.75, 3.05) is 0 Å². The first kappa shape index (κ1) is 16.3. The number of nitrogens with two attached hydrogens (primary N) is 1. The van der Waals surface area contributed by atoms with Crippen molar-refractivity contribution in [1.82, 2.24) is 5.32 Å². The molecule has 0 aliphatic carbocycles. The topological polar surface area (TPSA) is 123 Å². The molecule has 23 heavy (non-hydrogen) atoms. The van der Waals surface area contributed by atoms with E-state index < -0.39 is 30.2 Å². The molecule has 4 N–H and O–H groups in total. The summed E-state index contributed by atoms with van der Waals surface area (Å²) in [5, 5.41) is 11.3. The number of hydrogen-bond acceptors (Lipinski definition) is 4. The Morgan fingerprint density at radius 1 is 1.26 bits per heavy atom. The Bertz CT molecular complexity index is 736. The van der Waals surface area contributed by atoms with E-state index in [1.54, 1.807) is 6.92 Å². The standard InChI is InChI=1S/C16H16N2O5/c1-9-11(7-13(23-9)10-5-3-2-4-6-10)15(20)18-12(16(21)22)8-14(17)19/h2-7,12H,8H2,1H3,(H2,17,19)(H,18,20)(H,21,22)/t12-/m1/s1. The lowest BCUT2D eigenvalue weighted by Gasteiger charge is -2.12. The molecule has 0 saturated carbocycles. The summed E-state index contributed by atoms with van der Waals surface area (Å²) >= 11 is 0. The molecule has 0 saturated heterocycles. The maximum atomic E-state index is 12.2. The number of aliphatic carboxylic acids is 1. The van der Waals surface area contributed by atoms with Crippen LogP contribution in [0.25, 0.3) is 11.3 Å². The molecular formula is C16H16N2O5. The van der Waals surface area contributed by atoms with Gasteiger partial charge in [0.15, 0.2) is 0 Å². The summed E-state index contributed by atoms with van der Waals surface area (Å²) in [4.78, 5) is 34.2. The number of carboxylic acid groups (broad SMARTS) is 1. The monoisotopic (exact) mass is 316 g/mol. The highest BCUT2D eigenvalue weighted by Gasteiger charge is 2.25. The van der Waals surface area contributed by atoms with Gasteiger partial charge in [-0.15, -0.1) is 0 Å². The van der Waals surface area contributed by atoms with Crippen LogP contribution in [0.15, 0.2) is 40.8 Å². The van der Waals surface area contributed by atoms with Gasteiger partial charge in [-0.3, -0.25) is 9.59 Å². The smallest absolute Gasteiger partial charge is 0.326 e. The zero-order chi connectivity index (χ0) is 17.0. The quantitative estimate of drug-likeness (QED) is 0.741. The van der Waals surface area contributed by atoms with Crippen molar-refractivity contribution in [3.8, 4) is 11.3 Å². The van der Waals surface area contributed by atoms with Crippen LogP contribution in [0.2, 0.25) is 0 Å². The Labute approximate surface area is 132 Å². The Hall–Kier alpha value is -3.09. The fourth-order valence-corrected chi connectivity index (χ4v) is 2.09. The molecule has 2 aromatic rings. The number of rotatable bonds is 6. The first-order chi connectivity index (χ1) is 10.9. The SMILES string of the molecule is Cc1oc(-c2ccccc2)cc1C(=O)N[C@H](CC(N)=O)C(=O)O. The van der Waals surface area contributed by atoms with Gasteiger partial charge < -0.3 is 20.6 Å². The van der Waals surface area contributed by atoms with Crippen molar-refractivity contribution in [2.24, 2.45) is 5.73 Å². The van der Waals surface area contributed by atoms with Gasteiger partial charge >= 0.3 is 5.97 Å². The fraction of sp³-hybridized carbons (Fsp3) is 0.188. The van der Waals surface area contributed by atoms with Gasteiger partial charge in [-0.05, 0) is 13.0 Å². The molecule has 0 spiro atoms. The normalized spacial score (nSPS) is 11.7. The highest BCUT2D eigenvalue weighted by atomic mass is 16.4. The number of benzene rings is 1. The van der Waals surface area contributed by atoms with Gasteiger partial charge in [-0.1, -0.05) is 30.3 Å². The summed E-state index contributed by atoms with van der Waals surface area (Å²) in [6, 6.07) is 9.33. The number of carbonyl (C=O) groups is 3. The average molecular weight is 316 g/mol. The van der Waals surface area contributed by atoms with Crippen LogP contribution in [-0.4, -0.2) is 28.9 Å². The number of carbonyl (C=O) groups excluding carboxylic acids is 2. The summed E-state index contributed by atoms with van der Waals surface area (Å²) in [7, 11) is 0. The average Bonchev–Trinajstić information content (AvgIpc) is 2.89. The fourth-order valence-electron chi connectivity index (χ4n) is 2.09. The van der Waals surface area contributed by atoms with Gasteiger partial charge in [0.1, 0.15) is 17.6 Å². The minimum Gasteiger partial charge on any atom is -0.480 e. The highest BCUT2D eigenvalue weighted by molar-refractivity contribution is 5.99. The van der Waals surface area contributed by atoms with E-state index in [0.717, 1.165) is 5.56 Å². The zero-order valence-electron chi connectivity index (χ0n) is 12.4. The lowest BCUT2D eigenvalue weighted by molar-refractivity contribution is -0.140. The van der Waals surface area contributed by atoms with Gasteiger partial charge in [0.05, 0.1) is 12.0 Å². The number of nitrogens with one attached hydrogen (secondary N) is 1. The van der Waals surface area contributed by atoms with E-state index in [2.05, 4.69) is 5.32 Å². The van der Waals surface area contributed by atoms with Gasteiger partial charge in [0.25, 0.3) is 5.91 Å². The van der Waals surface area contributed by atoms with Crippen molar-refractivity contribution in [2.45, 2.75) is 19.4 Å². The van der Waals surface area contributed by atoms with E-state index in [-0.39, 0.29) is 5.56 Å². The van der Waals surface area contributed by atoms with Crippen molar-refractivity contribution in [1.29, 1.82) is 0 Å². The van der Waals surface area contributed by atoms with Crippen LogP contribution >= 0.6 is 0 Å². The lowest BCUT2D eigenvalue weighted by Crippen LogP contribution is -2.43. The van der Waals surface area contributed by atoms with E-state index in [1.165, 1.54) is 6.07 Å². The van der Waals surface area contributed by atoms with Crippen LogP contribution in [0.3, 0.4) is 0 Å². The van der Waals surface area contributed by atoms with E-state index in [1.807, 2.05) is 30.3 Å². The van der Waals surface area contributed by atoms with E-state index in [9.17, 15) is 14.4 Å². The molecule has 1 atom stereocenters. The van der Waals surface area contributed by atoms with Crippen LogP contribution in [0.1, 0.15) is 22.5 Å². The molecule has 7 heteroatoms. The molecule has 1 heterocycles. The molecule has 0 aliphatic heterocycles. The molecule has 120 valence electrons. The van der Waals surface area contributed by atoms with Crippen LogP contribution in [0.4, 0.5) is 0 Å². The molecule has 2 rings (SSSR count). The largest absolute Gasteiger partial charge is 0.480 e. The third kappa shape index (κ3) is 3.97.